The van der Waals surface area contributed by atoms with Gasteiger partial charge in [0.15, 0.2) is 0 Å². The van der Waals surface area contributed by atoms with Gasteiger partial charge >= 0.3 is 0 Å². The van der Waals surface area contributed by atoms with Crippen LogP contribution >= 0.6 is 0 Å². The van der Waals surface area contributed by atoms with Gasteiger partial charge in [0.05, 0.1) is 5.92 Å². The second-order valence-electron chi connectivity index (χ2n) is 3.72. The molecule has 0 heterocycles. The van der Waals surface area contributed by atoms with Gasteiger partial charge in [0.2, 0.25) is 5.91 Å². The standard InChI is InChI=1S/C12H14NO/c13-12(14)11-8-4-2-6-9-5-1-3-7-10(9)11/h1,3,5-7,11H,2,4,8H2,(H2,13,14). The van der Waals surface area contributed by atoms with Crippen molar-refractivity contribution in [2.24, 2.45) is 5.73 Å². The molecule has 1 atom stereocenters. The molecule has 1 aromatic rings. The maximum absolute atomic E-state index is 11.3. The molecule has 1 aromatic carbocycles. The van der Waals surface area contributed by atoms with E-state index in [1.807, 2.05) is 18.2 Å². The Morgan fingerprint density at radius 3 is 2.93 bits per heavy atom. The number of rotatable bonds is 1. The molecule has 1 radical (unpaired) electrons. The van der Waals surface area contributed by atoms with Gasteiger partial charge in [-0.3, -0.25) is 4.79 Å². The fraction of sp³-hybridized carbons (Fsp3) is 0.333. The Labute approximate surface area is 84.1 Å². The summed E-state index contributed by atoms with van der Waals surface area (Å²) in [5, 5.41) is 0. The molecule has 0 aliphatic heterocycles. The highest BCUT2D eigenvalue weighted by atomic mass is 16.1. The molecule has 1 amide bonds. The van der Waals surface area contributed by atoms with Crippen molar-refractivity contribution in [3.8, 4) is 0 Å². The molecule has 2 nitrogen and oxygen atoms in total. The molecule has 2 rings (SSSR count). The van der Waals surface area contributed by atoms with Crippen LogP contribution in [-0.4, -0.2) is 5.91 Å². The second kappa shape index (κ2) is 3.82. The van der Waals surface area contributed by atoms with Crippen LogP contribution in [-0.2, 0) is 4.79 Å². The monoisotopic (exact) mass is 188 g/mol. The van der Waals surface area contributed by atoms with E-state index in [0.29, 0.717) is 0 Å². The van der Waals surface area contributed by atoms with Crippen LogP contribution in [0.2, 0.25) is 0 Å². The van der Waals surface area contributed by atoms with E-state index in [1.165, 1.54) is 5.56 Å². The first-order chi connectivity index (χ1) is 6.79. The molecule has 0 aromatic heterocycles. The minimum absolute atomic E-state index is 0.0926. The first-order valence-corrected chi connectivity index (χ1v) is 5.00. The molecule has 14 heavy (non-hydrogen) atoms. The third-order valence-electron chi connectivity index (χ3n) is 2.78. The molecule has 0 fully saturated rings. The molecule has 0 saturated heterocycles. The van der Waals surface area contributed by atoms with Crippen LogP contribution in [0.25, 0.3) is 0 Å². The minimum Gasteiger partial charge on any atom is -0.369 e. The summed E-state index contributed by atoms with van der Waals surface area (Å²) >= 11 is 0. The Morgan fingerprint density at radius 1 is 1.36 bits per heavy atom. The number of hydrogen-bond acceptors (Lipinski definition) is 1. The SMILES string of the molecule is NC(=O)C1CCC[CH]c2ccccc21. The number of amides is 1. The first kappa shape index (κ1) is 9.25. The second-order valence-corrected chi connectivity index (χ2v) is 3.72. The lowest BCUT2D eigenvalue weighted by molar-refractivity contribution is -0.119. The molecule has 73 valence electrons. The molecule has 1 aliphatic rings. The molecular formula is C12H14NO. The van der Waals surface area contributed by atoms with Gasteiger partial charge in [-0.15, -0.1) is 0 Å². The minimum atomic E-state index is -0.201. The molecular weight excluding hydrogens is 174 g/mol. The van der Waals surface area contributed by atoms with Crippen molar-refractivity contribution in [2.45, 2.75) is 25.2 Å². The van der Waals surface area contributed by atoms with Crippen LogP contribution in [0.3, 0.4) is 0 Å². The van der Waals surface area contributed by atoms with Crippen LogP contribution in [0.15, 0.2) is 24.3 Å². The average molecular weight is 188 g/mol. The van der Waals surface area contributed by atoms with Crippen LogP contribution in [0.4, 0.5) is 0 Å². The summed E-state index contributed by atoms with van der Waals surface area (Å²) < 4.78 is 0. The largest absolute Gasteiger partial charge is 0.369 e. The maximum atomic E-state index is 11.3. The predicted octanol–water partition coefficient (Wildman–Crippen LogP) is 1.99. The van der Waals surface area contributed by atoms with Gasteiger partial charge in [0, 0.05) is 0 Å². The summed E-state index contributed by atoms with van der Waals surface area (Å²) in [6, 6.07) is 8.02. The van der Waals surface area contributed by atoms with Crippen LogP contribution in [0.5, 0.6) is 0 Å². The van der Waals surface area contributed by atoms with Crippen molar-refractivity contribution >= 4 is 5.91 Å². The number of primary amides is 1. The van der Waals surface area contributed by atoms with E-state index in [9.17, 15) is 4.79 Å². The summed E-state index contributed by atoms with van der Waals surface area (Å²) in [5.41, 5.74) is 7.67. The van der Waals surface area contributed by atoms with Gasteiger partial charge in [0.1, 0.15) is 0 Å². The average Bonchev–Trinajstić information content (AvgIpc) is 2.39. The Kier molecular flexibility index (Phi) is 2.53. The molecule has 1 aliphatic carbocycles. The van der Waals surface area contributed by atoms with Crippen molar-refractivity contribution in [2.75, 3.05) is 0 Å². The van der Waals surface area contributed by atoms with E-state index in [0.717, 1.165) is 24.8 Å². The molecule has 2 N–H and O–H groups in total. The molecule has 2 heteroatoms. The zero-order valence-corrected chi connectivity index (χ0v) is 8.07. The van der Waals surface area contributed by atoms with Gasteiger partial charge in [-0.1, -0.05) is 30.7 Å². The van der Waals surface area contributed by atoms with Gasteiger partial charge < -0.3 is 5.73 Å². The maximum Gasteiger partial charge on any atom is 0.224 e. The van der Waals surface area contributed by atoms with Crippen LogP contribution < -0.4 is 5.73 Å². The van der Waals surface area contributed by atoms with Crippen molar-refractivity contribution in [1.82, 2.24) is 0 Å². The van der Waals surface area contributed by atoms with E-state index in [-0.39, 0.29) is 11.8 Å². The van der Waals surface area contributed by atoms with E-state index in [4.69, 9.17) is 5.73 Å². The van der Waals surface area contributed by atoms with E-state index >= 15 is 0 Å². The lowest BCUT2D eigenvalue weighted by Gasteiger charge is -2.13. The summed E-state index contributed by atoms with van der Waals surface area (Å²) in [6.45, 7) is 0. The number of carbonyl (C=O) groups excluding carboxylic acids is 1. The smallest absolute Gasteiger partial charge is 0.224 e. The third kappa shape index (κ3) is 1.65. The van der Waals surface area contributed by atoms with Crippen LogP contribution in [0, 0.1) is 6.42 Å². The summed E-state index contributed by atoms with van der Waals surface area (Å²) in [5.74, 6) is -0.294. The zero-order chi connectivity index (χ0) is 9.97. The van der Waals surface area contributed by atoms with Gasteiger partial charge in [-0.25, -0.2) is 0 Å². The zero-order valence-electron chi connectivity index (χ0n) is 8.07. The van der Waals surface area contributed by atoms with Gasteiger partial charge in [-0.2, -0.15) is 0 Å². The molecule has 0 spiro atoms. The normalized spacial score (nSPS) is 21.0. The quantitative estimate of drug-likeness (QED) is 0.673. The lowest BCUT2D eigenvalue weighted by atomic mass is 9.92. The fourth-order valence-electron chi connectivity index (χ4n) is 2.04. The third-order valence-corrected chi connectivity index (χ3v) is 2.78. The van der Waals surface area contributed by atoms with Gasteiger partial charge in [-0.05, 0) is 30.4 Å². The molecule has 0 saturated carbocycles. The summed E-state index contributed by atoms with van der Waals surface area (Å²) in [4.78, 5) is 11.3. The summed E-state index contributed by atoms with van der Waals surface area (Å²) in [7, 11) is 0. The molecule has 1 unspecified atom stereocenters. The highest BCUT2D eigenvalue weighted by Gasteiger charge is 2.22. The Balaban J connectivity index is 2.42. The topological polar surface area (TPSA) is 43.1 Å². The highest BCUT2D eigenvalue weighted by Crippen LogP contribution is 2.30. The van der Waals surface area contributed by atoms with Crippen molar-refractivity contribution < 1.29 is 4.79 Å². The van der Waals surface area contributed by atoms with E-state index < -0.39 is 0 Å². The van der Waals surface area contributed by atoms with Gasteiger partial charge in [0.25, 0.3) is 0 Å². The first-order valence-electron chi connectivity index (χ1n) is 5.00. The van der Waals surface area contributed by atoms with Crippen LogP contribution in [0.1, 0.15) is 36.3 Å². The number of fused-ring (bicyclic) bond motifs is 1. The fourth-order valence-corrected chi connectivity index (χ4v) is 2.04. The van der Waals surface area contributed by atoms with Crippen molar-refractivity contribution in [3.63, 3.8) is 0 Å². The highest BCUT2D eigenvalue weighted by molar-refractivity contribution is 5.82. The number of carbonyl (C=O) groups is 1. The van der Waals surface area contributed by atoms with Crippen molar-refractivity contribution in [1.29, 1.82) is 0 Å². The Hall–Kier alpha value is -1.31. The number of nitrogens with two attached hydrogens (primary N) is 1. The lowest BCUT2D eigenvalue weighted by Crippen LogP contribution is -2.21. The number of hydrogen-bond donors (Lipinski definition) is 1. The van der Waals surface area contributed by atoms with Crippen molar-refractivity contribution in [3.05, 3.63) is 41.8 Å². The number of benzene rings is 1. The predicted molar refractivity (Wildman–Crippen MR) is 55.6 cm³/mol. The molecule has 0 bridgehead atoms. The van der Waals surface area contributed by atoms with E-state index in [1.54, 1.807) is 0 Å². The van der Waals surface area contributed by atoms with E-state index in [2.05, 4.69) is 12.5 Å². The summed E-state index contributed by atoms with van der Waals surface area (Å²) in [6.07, 6.45) is 5.16. The Bertz CT molecular complexity index is 346. The Morgan fingerprint density at radius 2 is 2.14 bits per heavy atom.